The highest BCUT2D eigenvalue weighted by molar-refractivity contribution is 9.10. The molecule has 1 heterocycles. The van der Waals surface area contributed by atoms with Gasteiger partial charge in [0, 0.05) is 11.1 Å². The van der Waals surface area contributed by atoms with E-state index in [1.54, 1.807) is 32.4 Å². The second-order valence-corrected chi connectivity index (χ2v) is 5.84. The van der Waals surface area contributed by atoms with Crippen molar-refractivity contribution in [3.8, 4) is 22.9 Å². The number of nitrogens with one attached hydrogen (secondary N) is 2. The van der Waals surface area contributed by atoms with Gasteiger partial charge in [0.15, 0.2) is 11.5 Å². The van der Waals surface area contributed by atoms with Crippen molar-refractivity contribution in [2.75, 3.05) is 14.2 Å². The molecule has 3 aromatic rings. The number of carbonyl (C=O) groups excluding carboxylic acids is 1. The molecule has 0 aliphatic heterocycles. The van der Waals surface area contributed by atoms with Crippen molar-refractivity contribution in [2.24, 2.45) is 5.84 Å². The van der Waals surface area contributed by atoms with Crippen molar-refractivity contribution < 1.29 is 14.3 Å². The van der Waals surface area contributed by atoms with E-state index in [0.29, 0.717) is 22.9 Å². The standard InChI is InChI=1S/C16H15BrN4O3/c1-23-13-7-9(5-10(17)14(13)24-2)15-19-11-4-3-8(16(22)21-18)6-12(11)20-15/h3-7H,18H2,1-2H3,(H,19,20)(H,21,22). The van der Waals surface area contributed by atoms with Crippen LogP contribution in [0.4, 0.5) is 0 Å². The first-order chi connectivity index (χ1) is 11.6. The highest BCUT2D eigenvalue weighted by atomic mass is 79.9. The lowest BCUT2D eigenvalue weighted by atomic mass is 10.2. The van der Waals surface area contributed by atoms with Crippen molar-refractivity contribution in [3.05, 3.63) is 40.4 Å². The van der Waals surface area contributed by atoms with Crippen LogP contribution < -0.4 is 20.7 Å². The Morgan fingerprint density at radius 3 is 2.71 bits per heavy atom. The maximum atomic E-state index is 11.6. The zero-order valence-electron chi connectivity index (χ0n) is 13.0. The third-order valence-corrected chi connectivity index (χ3v) is 4.17. The first-order valence-electron chi connectivity index (χ1n) is 7.00. The van der Waals surface area contributed by atoms with Crippen molar-refractivity contribution >= 4 is 32.9 Å². The van der Waals surface area contributed by atoms with E-state index in [4.69, 9.17) is 15.3 Å². The van der Waals surface area contributed by atoms with Crippen LogP contribution in [0.25, 0.3) is 22.4 Å². The van der Waals surface area contributed by atoms with E-state index in [1.165, 1.54) is 0 Å². The Morgan fingerprint density at radius 1 is 1.25 bits per heavy atom. The molecule has 2 aromatic carbocycles. The molecule has 1 amide bonds. The number of hydrogen-bond donors (Lipinski definition) is 3. The third kappa shape index (κ3) is 2.81. The number of aromatic amines is 1. The molecule has 24 heavy (non-hydrogen) atoms. The summed E-state index contributed by atoms with van der Waals surface area (Å²) in [5.74, 6) is 6.65. The number of amides is 1. The molecule has 0 saturated heterocycles. The molecule has 0 radical (unpaired) electrons. The van der Waals surface area contributed by atoms with Gasteiger partial charge < -0.3 is 14.5 Å². The molecule has 8 heteroatoms. The number of rotatable bonds is 4. The Bertz CT molecular complexity index is 923. The summed E-state index contributed by atoms with van der Waals surface area (Å²) >= 11 is 3.47. The molecule has 0 aliphatic carbocycles. The number of halogens is 1. The Hall–Kier alpha value is -2.58. The van der Waals surface area contributed by atoms with E-state index < -0.39 is 0 Å². The average Bonchev–Trinajstić information content (AvgIpc) is 3.03. The predicted octanol–water partition coefficient (Wildman–Crippen LogP) is 2.61. The van der Waals surface area contributed by atoms with Gasteiger partial charge in [0.05, 0.1) is 29.7 Å². The topological polar surface area (TPSA) is 102 Å². The Labute approximate surface area is 146 Å². The van der Waals surface area contributed by atoms with Gasteiger partial charge in [-0.2, -0.15) is 0 Å². The van der Waals surface area contributed by atoms with E-state index in [-0.39, 0.29) is 5.91 Å². The molecular weight excluding hydrogens is 376 g/mol. The van der Waals surface area contributed by atoms with Crippen LogP contribution in [0.1, 0.15) is 10.4 Å². The zero-order valence-corrected chi connectivity index (χ0v) is 14.6. The first kappa shape index (κ1) is 16.3. The number of H-pyrrole nitrogens is 1. The van der Waals surface area contributed by atoms with Crippen LogP contribution in [-0.2, 0) is 0 Å². The number of imidazole rings is 1. The molecule has 0 bridgehead atoms. The van der Waals surface area contributed by atoms with Gasteiger partial charge in [-0.25, -0.2) is 10.8 Å². The van der Waals surface area contributed by atoms with E-state index in [0.717, 1.165) is 21.1 Å². The second kappa shape index (κ2) is 6.50. The van der Waals surface area contributed by atoms with Crippen molar-refractivity contribution in [2.45, 2.75) is 0 Å². The quantitative estimate of drug-likeness (QED) is 0.361. The molecule has 1 aromatic heterocycles. The summed E-state index contributed by atoms with van der Waals surface area (Å²) in [5, 5.41) is 0. The number of benzene rings is 2. The van der Waals surface area contributed by atoms with Gasteiger partial charge in [-0.3, -0.25) is 10.2 Å². The van der Waals surface area contributed by atoms with Gasteiger partial charge in [0.1, 0.15) is 5.82 Å². The first-order valence-corrected chi connectivity index (χ1v) is 7.79. The summed E-state index contributed by atoms with van der Waals surface area (Å²) in [6.45, 7) is 0. The summed E-state index contributed by atoms with van der Waals surface area (Å²) in [7, 11) is 3.15. The minimum atomic E-state index is -0.359. The number of methoxy groups -OCH3 is 2. The Balaban J connectivity index is 2.09. The van der Waals surface area contributed by atoms with E-state index >= 15 is 0 Å². The highest BCUT2D eigenvalue weighted by Gasteiger charge is 2.14. The second-order valence-electron chi connectivity index (χ2n) is 4.98. The fraction of sp³-hybridized carbons (Fsp3) is 0.125. The largest absolute Gasteiger partial charge is 0.493 e. The van der Waals surface area contributed by atoms with E-state index in [1.807, 2.05) is 12.1 Å². The van der Waals surface area contributed by atoms with Gasteiger partial charge in [0.25, 0.3) is 5.91 Å². The Morgan fingerprint density at radius 2 is 2.04 bits per heavy atom. The minimum absolute atomic E-state index is 0.359. The molecule has 0 aliphatic rings. The lowest BCUT2D eigenvalue weighted by Crippen LogP contribution is -2.29. The smallest absolute Gasteiger partial charge is 0.265 e. The fourth-order valence-electron chi connectivity index (χ4n) is 2.43. The number of nitrogen functional groups attached to an aromatic ring is 1. The van der Waals surface area contributed by atoms with Crippen molar-refractivity contribution in [3.63, 3.8) is 0 Å². The van der Waals surface area contributed by atoms with E-state index in [9.17, 15) is 4.79 Å². The normalized spacial score (nSPS) is 10.7. The molecule has 0 saturated carbocycles. The number of ether oxygens (including phenoxy) is 2. The van der Waals surface area contributed by atoms with Crippen LogP contribution >= 0.6 is 15.9 Å². The summed E-state index contributed by atoms with van der Waals surface area (Å²) in [4.78, 5) is 19.4. The molecule has 0 atom stereocenters. The number of hydrogen-bond acceptors (Lipinski definition) is 5. The molecule has 0 fully saturated rings. The number of hydrazine groups is 1. The summed E-state index contributed by atoms with van der Waals surface area (Å²) < 4.78 is 11.4. The summed E-state index contributed by atoms with van der Waals surface area (Å²) in [6, 6.07) is 8.83. The fourth-order valence-corrected chi connectivity index (χ4v) is 3.03. The lowest BCUT2D eigenvalue weighted by molar-refractivity contribution is 0.0954. The third-order valence-electron chi connectivity index (χ3n) is 3.58. The van der Waals surface area contributed by atoms with Crippen molar-refractivity contribution in [1.82, 2.24) is 15.4 Å². The van der Waals surface area contributed by atoms with E-state index in [2.05, 4.69) is 31.3 Å². The molecular formula is C16H15BrN4O3. The number of fused-ring (bicyclic) bond motifs is 1. The molecule has 3 rings (SSSR count). The lowest BCUT2D eigenvalue weighted by Gasteiger charge is -2.10. The summed E-state index contributed by atoms with van der Waals surface area (Å²) in [6.07, 6.45) is 0. The minimum Gasteiger partial charge on any atom is -0.493 e. The highest BCUT2D eigenvalue weighted by Crippen LogP contribution is 2.39. The van der Waals surface area contributed by atoms with Crippen LogP contribution in [0.3, 0.4) is 0 Å². The summed E-state index contributed by atoms with van der Waals surface area (Å²) in [5.41, 5.74) is 4.86. The van der Waals surface area contributed by atoms with Crippen molar-refractivity contribution in [1.29, 1.82) is 0 Å². The molecule has 0 unspecified atom stereocenters. The molecule has 124 valence electrons. The van der Waals surface area contributed by atoms with Crippen LogP contribution in [0, 0.1) is 0 Å². The van der Waals surface area contributed by atoms with Gasteiger partial charge >= 0.3 is 0 Å². The van der Waals surface area contributed by atoms with Gasteiger partial charge in [0.2, 0.25) is 0 Å². The number of aromatic nitrogens is 2. The number of carbonyl (C=O) groups is 1. The molecule has 7 nitrogen and oxygen atoms in total. The number of nitrogens with zero attached hydrogens (tertiary/aromatic N) is 1. The SMILES string of the molecule is COc1cc(-c2nc3ccc(C(=O)NN)cc3[nH]2)cc(Br)c1OC. The number of nitrogens with two attached hydrogens (primary N) is 1. The van der Waals surface area contributed by atoms with Crippen LogP contribution in [0.2, 0.25) is 0 Å². The van der Waals surface area contributed by atoms with Crippen LogP contribution in [0.5, 0.6) is 11.5 Å². The van der Waals surface area contributed by atoms with Gasteiger partial charge in [-0.15, -0.1) is 0 Å². The maximum Gasteiger partial charge on any atom is 0.265 e. The predicted molar refractivity (Wildman–Crippen MR) is 94.0 cm³/mol. The Kier molecular flexibility index (Phi) is 4.41. The monoisotopic (exact) mass is 390 g/mol. The van der Waals surface area contributed by atoms with Crippen LogP contribution in [0.15, 0.2) is 34.8 Å². The molecule has 4 N–H and O–H groups in total. The van der Waals surface area contributed by atoms with Gasteiger partial charge in [-0.1, -0.05) is 0 Å². The average molecular weight is 391 g/mol. The molecule has 0 spiro atoms. The zero-order chi connectivity index (χ0) is 17.3. The van der Waals surface area contributed by atoms with Gasteiger partial charge in [-0.05, 0) is 46.3 Å². The maximum absolute atomic E-state index is 11.6. The van der Waals surface area contributed by atoms with Crippen LogP contribution in [-0.4, -0.2) is 30.1 Å².